The van der Waals surface area contributed by atoms with Crippen LogP contribution in [0.4, 0.5) is 0 Å². The normalized spacial score (nSPS) is 17.5. The van der Waals surface area contributed by atoms with E-state index in [0.29, 0.717) is 0 Å². The van der Waals surface area contributed by atoms with Crippen molar-refractivity contribution in [2.24, 2.45) is 0 Å². The zero-order valence-corrected chi connectivity index (χ0v) is 28.2. The molecule has 0 radical (unpaired) electrons. The van der Waals surface area contributed by atoms with Crippen LogP contribution in [0.15, 0.2) is 71.3 Å². The van der Waals surface area contributed by atoms with Gasteiger partial charge in [0, 0.05) is 5.04 Å². The Bertz CT molecular complexity index is 1330. The molecule has 0 saturated carbocycles. The van der Waals surface area contributed by atoms with Gasteiger partial charge in [0.15, 0.2) is 0 Å². The lowest BCUT2D eigenvalue weighted by Gasteiger charge is -2.40. The minimum atomic E-state index is -1.78. The van der Waals surface area contributed by atoms with E-state index in [1.165, 1.54) is 88.6 Å². The van der Waals surface area contributed by atoms with Crippen LogP contribution in [0.25, 0.3) is 5.57 Å². The Morgan fingerprint density at radius 3 is 1.38 bits per heavy atom. The van der Waals surface area contributed by atoms with E-state index in [0.717, 1.165) is 0 Å². The van der Waals surface area contributed by atoms with Crippen LogP contribution in [0, 0.1) is 27.7 Å². The second-order valence-electron chi connectivity index (χ2n) is 13.0. The molecule has 0 aliphatic heterocycles. The molecule has 3 aromatic rings. The predicted octanol–water partition coefficient (Wildman–Crippen LogP) is 9.53. The van der Waals surface area contributed by atoms with Gasteiger partial charge >= 0.3 is 0 Å². The molecule has 1 atom stereocenters. The molecular weight excluding hydrogens is 497 g/mol. The van der Waals surface area contributed by atoms with Crippen LogP contribution in [0.5, 0.6) is 0 Å². The maximum Gasteiger partial charge on any atom is 0.117 e. The zero-order valence-electron chi connectivity index (χ0n) is 27.0. The fourth-order valence-electron chi connectivity index (χ4n) is 7.48. The third-order valence-corrected chi connectivity index (χ3v) is 13.4. The van der Waals surface area contributed by atoms with E-state index < -0.39 is 8.80 Å². The summed E-state index contributed by atoms with van der Waals surface area (Å²) in [5.74, 6) is 0. The summed E-state index contributed by atoms with van der Waals surface area (Å²) in [5.41, 5.74) is 16.2. The molecule has 1 aliphatic carbocycles. The Labute approximate surface area is 247 Å². The molecule has 1 heteroatoms. The first-order valence-corrected chi connectivity index (χ1v) is 17.4. The first-order valence-electron chi connectivity index (χ1n) is 15.7. The molecule has 0 bridgehead atoms. The minimum absolute atomic E-state index is 0.0138. The molecule has 0 spiro atoms. The summed E-state index contributed by atoms with van der Waals surface area (Å²) in [6, 6.07) is 22.3. The Hall–Kier alpha value is -2.64. The molecule has 40 heavy (non-hydrogen) atoms. The van der Waals surface area contributed by atoms with Crippen molar-refractivity contribution in [1.29, 1.82) is 0 Å². The van der Waals surface area contributed by atoms with Crippen LogP contribution in [-0.4, -0.2) is 8.80 Å². The number of benzene rings is 3. The van der Waals surface area contributed by atoms with E-state index in [1.807, 2.05) is 0 Å². The molecule has 3 aromatic carbocycles. The van der Waals surface area contributed by atoms with E-state index in [4.69, 9.17) is 0 Å². The molecule has 0 heterocycles. The summed E-state index contributed by atoms with van der Waals surface area (Å²) in [5, 5.41) is 3.12. The lowest BCUT2D eigenvalue weighted by Crippen LogP contribution is -2.52. The van der Waals surface area contributed by atoms with Crippen molar-refractivity contribution in [3.8, 4) is 0 Å². The second kappa shape index (κ2) is 12.5. The monoisotopic (exact) mass is 548 g/mol. The smallest absolute Gasteiger partial charge is 0.0654 e. The van der Waals surface area contributed by atoms with Gasteiger partial charge in [-0.15, -0.1) is 0 Å². The molecule has 0 N–H and O–H groups in total. The number of hydrogen-bond donors (Lipinski definition) is 0. The number of aryl methyl sites for hydroxylation is 6. The molecular formula is C39H52Si. The van der Waals surface area contributed by atoms with Crippen molar-refractivity contribution in [3.63, 3.8) is 0 Å². The molecule has 0 nitrogen and oxygen atoms in total. The first-order chi connectivity index (χ1) is 19.0. The molecule has 0 aromatic heterocycles. The van der Waals surface area contributed by atoms with Gasteiger partial charge in [0.1, 0.15) is 8.80 Å². The van der Waals surface area contributed by atoms with Gasteiger partial charge in [-0.2, -0.15) is 0 Å². The summed E-state index contributed by atoms with van der Waals surface area (Å²) in [6.45, 7) is 23.5. The highest BCUT2D eigenvalue weighted by molar-refractivity contribution is 6.90. The van der Waals surface area contributed by atoms with Crippen molar-refractivity contribution < 1.29 is 0 Å². The topological polar surface area (TPSA) is 0 Å². The second-order valence-corrected chi connectivity index (χ2v) is 16.3. The van der Waals surface area contributed by atoms with Gasteiger partial charge in [-0.1, -0.05) is 126 Å². The Kier molecular flexibility index (Phi) is 9.46. The quantitative estimate of drug-likeness (QED) is 0.221. The first kappa shape index (κ1) is 30.3. The molecule has 1 unspecified atom stereocenters. The van der Waals surface area contributed by atoms with Crippen molar-refractivity contribution in [1.82, 2.24) is 0 Å². The average molecular weight is 549 g/mol. The van der Waals surface area contributed by atoms with Gasteiger partial charge in [-0.05, 0) is 108 Å². The fourth-order valence-corrected chi connectivity index (χ4v) is 12.2. The van der Waals surface area contributed by atoms with Crippen LogP contribution >= 0.6 is 0 Å². The predicted molar refractivity (Wildman–Crippen MR) is 181 cm³/mol. The van der Waals surface area contributed by atoms with Gasteiger partial charge in [-0.25, -0.2) is 0 Å². The van der Waals surface area contributed by atoms with Gasteiger partial charge in [0.05, 0.1) is 0 Å². The minimum Gasteiger partial charge on any atom is -0.0654 e. The summed E-state index contributed by atoms with van der Waals surface area (Å²) < 4.78 is 0. The van der Waals surface area contributed by atoms with Crippen molar-refractivity contribution in [2.75, 3.05) is 0 Å². The Balaban J connectivity index is 2.02. The highest BCUT2D eigenvalue weighted by atomic mass is 28.3. The molecule has 0 fully saturated rings. The van der Waals surface area contributed by atoms with E-state index in [1.54, 1.807) is 21.5 Å². The lowest BCUT2D eigenvalue weighted by molar-refractivity contribution is 0.779. The maximum absolute atomic E-state index is 2.61. The molecule has 212 valence electrons. The largest absolute Gasteiger partial charge is 0.117 e. The number of unbranched alkanes of at least 4 members (excludes halogenated alkanes) is 2. The molecule has 1 aliphatic rings. The van der Waals surface area contributed by atoms with Crippen molar-refractivity contribution >= 4 is 24.7 Å². The zero-order chi connectivity index (χ0) is 29.2. The van der Waals surface area contributed by atoms with Crippen LogP contribution in [0.2, 0.25) is 5.04 Å². The highest BCUT2D eigenvalue weighted by Crippen LogP contribution is 2.58. The van der Waals surface area contributed by atoms with E-state index >= 15 is 0 Å². The van der Waals surface area contributed by atoms with Crippen LogP contribution in [-0.2, 0) is 12.8 Å². The number of hydrogen-bond acceptors (Lipinski definition) is 0. The van der Waals surface area contributed by atoms with Gasteiger partial charge in [-0.3, -0.25) is 0 Å². The standard InChI is InChI=1S/C39H52Si/c1-11-13-15-33-23-34(16-14-12-2)25-35(24-33)38-31(8)30(7)32(9)39(38,10)40(36-19-26(3)17-27(4)20-36)37-21-28(5)18-29(6)22-37/h17-25,40H,11-16H2,1-10H3. The van der Waals surface area contributed by atoms with E-state index in [9.17, 15) is 0 Å². The van der Waals surface area contributed by atoms with E-state index in [2.05, 4.69) is 124 Å². The van der Waals surface area contributed by atoms with Crippen LogP contribution in [0.3, 0.4) is 0 Å². The molecule has 4 rings (SSSR count). The maximum atomic E-state index is 2.61. The van der Waals surface area contributed by atoms with Gasteiger partial charge in [0.2, 0.25) is 0 Å². The van der Waals surface area contributed by atoms with Crippen molar-refractivity contribution in [2.45, 2.75) is 113 Å². The SMILES string of the molecule is CCCCc1cc(CCCC)cc(C2=C(C)C(C)=C(C)C2(C)[SiH](c2cc(C)cc(C)c2)c2cc(C)cc(C)c2)c1. The fraction of sp³-hybridized carbons (Fsp3) is 0.436. The summed E-state index contributed by atoms with van der Waals surface area (Å²) >= 11 is 0. The lowest BCUT2D eigenvalue weighted by atomic mass is 9.87. The van der Waals surface area contributed by atoms with Crippen LogP contribution < -0.4 is 10.4 Å². The highest BCUT2D eigenvalue weighted by Gasteiger charge is 2.47. The summed E-state index contributed by atoms with van der Waals surface area (Å²) in [6.07, 6.45) is 7.33. The number of rotatable bonds is 10. The Morgan fingerprint density at radius 2 is 0.975 bits per heavy atom. The average Bonchev–Trinajstić information content (AvgIpc) is 3.05. The molecule has 0 saturated heterocycles. The summed E-state index contributed by atoms with van der Waals surface area (Å²) in [4.78, 5) is 0. The van der Waals surface area contributed by atoms with E-state index in [-0.39, 0.29) is 5.04 Å². The molecule has 0 amide bonds. The van der Waals surface area contributed by atoms with Gasteiger partial charge in [0.25, 0.3) is 0 Å². The number of allylic oxidation sites excluding steroid dienone is 4. The van der Waals surface area contributed by atoms with Gasteiger partial charge < -0.3 is 0 Å². The third kappa shape index (κ3) is 6.01. The Morgan fingerprint density at radius 1 is 0.550 bits per heavy atom. The summed E-state index contributed by atoms with van der Waals surface area (Å²) in [7, 11) is -1.78. The van der Waals surface area contributed by atoms with Crippen molar-refractivity contribution in [3.05, 3.63) is 110 Å². The third-order valence-electron chi connectivity index (χ3n) is 9.51. The van der Waals surface area contributed by atoms with Crippen LogP contribution in [0.1, 0.15) is 106 Å².